The van der Waals surface area contributed by atoms with E-state index in [1.807, 2.05) is 24.4 Å². The van der Waals surface area contributed by atoms with E-state index in [1.54, 1.807) is 23.5 Å². The van der Waals surface area contributed by atoms with Crippen LogP contribution in [0.2, 0.25) is 0 Å². The van der Waals surface area contributed by atoms with E-state index < -0.39 is 17.5 Å². The Labute approximate surface area is 166 Å². The third-order valence-electron chi connectivity index (χ3n) is 5.27. The number of urea groups is 1. The molecule has 1 aliphatic heterocycles. The number of hydrogen-bond donors (Lipinski definition) is 2. The Morgan fingerprint density at radius 2 is 2.18 bits per heavy atom. The lowest BCUT2D eigenvalue weighted by molar-refractivity contribution is -0.134. The summed E-state index contributed by atoms with van der Waals surface area (Å²) in [6.45, 7) is 1.56. The van der Waals surface area contributed by atoms with Crippen LogP contribution in [0.15, 0.2) is 29.6 Å². The Morgan fingerprint density at radius 1 is 1.36 bits per heavy atom. The Hall–Kier alpha value is -2.87. The second-order valence-corrected chi connectivity index (χ2v) is 8.09. The van der Waals surface area contributed by atoms with E-state index in [1.165, 1.54) is 7.11 Å². The van der Waals surface area contributed by atoms with Gasteiger partial charge in [-0.3, -0.25) is 14.5 Å². The molecule has 2 aromatic rings. The van der Waals surface area contributed by atoms with Gasteiger partial charge in [0.2, 0.25) is 5.91 Å². The number of ether oxygens (including phenoxy) is 1. The van der Waals surface area contributed by atoms with Gasteiger partial charge in [0, 0.05) is 10.4 Å². The van der Waals surface area contributed by atoms with Crippen molar-refractivity contribution >= 4 is 34.9 Å². The van der Waals surface area contributed by atoms with Crippen molar-refractivity contribution in [2.24, 2.45) is 0 Å². The summed E-state index contributed by atoms with van der Waals surface area (Å²) in [4.78, 5) is 40.4. The molecule has 0 unspecified atom stereocenters. The number of imide groups is 1. The molecule has 1 atom stereocenters. The molecule has 146 valence electrons. The van der Waals surface area contributed by atoms with Crippen LogP contribution in [0, 0.1) is 6.92 Å². The summed E-state index contributed by atoms with van der Waals surface area (Å²) in [5.74, 6) is -0.295. The quantitative estimate of drug-likeness (QED) is 0.774. The van der Waals surface area contributed by atoms with Crippen LogP contribution in [0.1, 0.15) is 28.8 Å². The summed E-state index contributed by atoms with van der Waals surface area (Å²) in [6, 6.07) is 6.78. The normalized spacial score (nSPS) is 20.9. The predicted molar refractivity (Wildman–Crippen MR) is 106 cm³/mol. The van der Waals surface area contributed by atoms with E-state index in [0.717, 1.165) is 33.7 Å². The van der Waals surface area contributed by atoms with E-state index in [-0.39, 0.29) is 12.5 Å². The number of nitrogens with zero attached hydrogens (tertiary/aromatic N) is 1. The Bertz CT molecular complexity index is 970. The maximum absolute atomic E-state index is 13.2. The van der Waals surface area contributed by atoms with E-state index in [2.05, 4.69) is 10.6 Å². The van der Waals surface area contributed by atoms with Gasteiger partial charge in [-0.25, -0.2) is 4.79 Å². The van der Waals surface area contributed by atoms with Crippen molar-refractivity contribution in [3.05, 3.63) is 45.6 Å². The van der Waals surface area contributed by atoms with Crippen molar-refractivity contribution in [2.45, 2.75) is 31.7 Å². The smallest absolute Gasteiger partial charge is 0.325 e. The first-order chi connectivity index (χ1) is 13.4. The van der Waals surface area contributed by atoms with Crippen molar-refractivity contribution in [2.75, 3.05) is 19.0 Å². The summed E-state index contributed by atoms with van der Waals surface area (Å²) in [5.41, 5.74) is 1.29. The van der Waals surface area contributed by atoms with Gasteiger partial charge in [0.25, 0.3) is 5.91 Å². The van der Waals surface area contributed by atoms with Gasteiger partial charge in [0.1, 0.15) is 17.8 Å². The number of amides is 4. The second kappa shape index (κ2) is 6.94. The van der Waals surface area contributed by atoms with E-state index in [9.17, 15) is 14.4 Å². The first-order valence-electron chi connectivity index (χ1n) is 9.10. The minimum absolute atomic E-state index is 0.344. The first-order valence-corrected chi connectivity index (χ1v) is 9.98. The minimum Gasteiger partial charge on any atom is -0.495 e. The van der Waals surface area contributed by atoms with Gasteiger partial charge in [-0.05, 0) is 55.3 Å². The van der Waals surface area contributed by atoms with Crippen molar-refractivity contribution in [1.82, 2.24) is 10.2 Å². The number of thiophene rings is 1. The fourth-order valence-electron chi connectivity index (χ4n) is 3.94. The number of carbonyl (C=O) groups excluding carboxylic acids is 3. The first kappa shape index (κ1) is 18.5. The van der Waals surface area contributed by atoms with Gasteiger partial charge in [-0.1, -0.05) is 6.07 Å². The predicted octanol–water partition coefficient (Wildman–Crippen LogP) is 2.79. The van der Waals surface area contributed by atoms with E-state index in [4.69, 9.17) is 4.74 Å². The van der Waals surface area contributed by atoms with Gasteiger partial charge in [-0.2, -0.15) is 0 Å². The number of nitrogens with one attached hydrogen (secondary N) is 2. The van der Waals surface area contributed by atoms with Crippen molar-refractivity contribution < 1.29 is 19.1 Å². The van der Waals surface area contributed by atoms with E-state index >= 15 is 0 Å². The molecule has 1 spiro atoms. The summed E-state index contributed by atoms with van der Waals surface area (Å²) in [6.07, 6.45) is 2.27. The molecular weight excluding hydrogens is 378 g/mol. The summed E-state index contributed by atoms with van der Waals surface area (Å²) in [5, 5.41) is 7.53. The average Bonchev–Trinajstić information content (AvgIpc) is 3.23. The largest absolute Gasteiger partial charge is 0.495 e. The number of methoxy groups -OCH3 is 1. The number of fused-ring (bicyclic) bond motifs is 2. The van der Waals surface area contributed by atoms with Crippen molar-refractivity contribution in [3.63, 3.8) is 0 Å². The molecule has 4 amide bonds. The fourth-order valence-corrected chi connectivity index (χ4v) is 4.94. The number of rotatable bonds is 4. The lowest BCUT2D eigenvalue weighted by Gasteiger charge is -2.31. The van der Waals surface area contributed by atoms with Crippen LogP contribution >= 0.6 is 11.3 Å². The summed E-state index contributed by atoms with van der Waals surface area (Å²) in [7, 11) is 1.52. The molecule has 7 nitrogen and oxygen atoms in total. The fraction of sp³-hybridized carbons (Fsp3) is 0.350. The molecule has 0 saturated carbocycles. The second-order valence-electron chi connectivity index (χ2n) is 7.09. The Balaban J connectivity index is 1.54. The topological polar surface area (TPSA) is 87.7 Å². The van der Waals surface area contributed by atoms with Crippen molar-refractivity contribution in [1.29, 1.82) is 0 Å². The molecule has 8 heteroatoms. The third-order valence-corrected chi connectivity index (χ3v) is 6.25. The maximum atomic E-state index is 13.2. The third kappa shape index (κ3) is 2.93. The summed E-state index contributed by atoms with van der Waals surface area (Å²) >= 11 is 1.60. The molecule has 28 heavy (non-hydrogen) atoms. The van der Waals surface area contributed by atoms with Crippen LogP contribution in [-0.4, -0.2) is 36.4 Å². The zero-order valence-corrected chi connectivity index (χ0v) is 16.5. The van der Waals surface area contributed by atoms with Crippen LogP contribution < -0.4 is 15.4 Å². The van der Waals surface area contributed by atoms with Crippen LogP contribution in [0.3, 0.4) is 0 Å². The van der Waals surface area contributed by atoms with Crippen LogP contribution in [0.4, 0.5) is 10.5 Å². The van der Waals surface area contributed by atoms with Crippen molar-refractivity contribution in [3.8, 4) is 5.75 Å². The molecule has 1 aliphatic carbocycles. The zero-order valence-electron chi connectivity index (χ0n) is 15.7. The van der Waals surface area contributed by atoms with Gasteiger partial charge in [-0.15, -0.1) is 11.3 Å². The highest BCUT2D eigenvalue weighted by molar-refractivity contribution is 7.10. The van der Waals surface area contributed by atoms with Crippen LogP contribution in [0.5, 0.6) is 5.75 Å². The molecule has 0 bridgehead atoms. The molecule has 2 aliphatic rings. The molecular formula is C20H21N3O4S. The molecule has 1 fully saturated rings. The zero-order chi connectivity index (χ0) is 19.9. The van der Waals surface area contributed by atoms with E-state index in [0.29, 0.717) is 17.9 Å². The number of hydrogen-bond acceptors (Lipinski definition) is 5. The lowest BCUT2D eigenvalue weighted by Crippen LogP contribution is -2.46. The molecule has 1 aromatic heterocycles. The summed E-state index contributed by atoms with van der Waals surface area (Å²) < 4.78 is 5.26. The average molecular weight is 399 g/mol. The lowest BCUT2D eigenvalue weighted by atomic mass is 9.80. The SMILES string of the molecule is COc1ccc(C)cc1NC(=O)CN1C(=O)N[C@]2(CCCc3sccc32)C1=O. The standard InChI is InChI=1S/C20H21N3O4S/c1-12-5-6-15(27-2)14(10-12)21-17(24)11-23-18(25)20(22-19(23)26)8-3-4-16-13(20)7-9-28-16/h5-7,9-10H,3-4,8,11H2,1-2H3,(H,21,24)(H,22,26)/t20-/m0/s1. The maximum Gasteiger partial charge on any atom is 0.325 e. The Kier molecular flexibility index (Phi) is 4.58. The molecule has 1 aromatic carbocycles. The highest BCUT2D eigenvalue weighted by Crippen LogP contribution is 2.42. The van der Waals surface area contributed by atoms with Gasteiger partial charge < -0.3 is 15.4 Å². The number of benzene rings is 1. The molecule has 0 radical (unpaired) electrons. The molecule has 2 N–H and O–H groups in total. The highest BCUT2D eigenvalue weighted by Gasteiger charge is 2.54. The minimum atomic E-state index is -1.04. The highest BCUT2D eigenvalue weighted by atomic mass is 32.1. The van der Waals surface area contributed by atoms with Gasteiger partial charge in [0.15, 0.2) is 0 Å². The number of anilines is 1. The van der Waals surface area contributed by atoms with Crippen LogP contribution in [-0.2, 0) is 21.5 Å². The van der Waals surface area contributed by atoms with Gasteiger partial charge >= 0.3 is 6.03 Å². The number of aryl methyl sites for hydroxylation is 2. The number of carbonyl (C=O) groups is 3. The molecule has 4 rings (SSSR count). The van der Waals surface area contributed by atoms with Crippen LogP contribution in [0.25, 0.3) is 0 Å². The Morgan fingerprint density at radius 3 is 2.96 bits per heavy atom. The molecule has 2 heterocycles. The monoisotopic (exact) mass is 399 g/mol. The van der Waals surface area contributed by atoms with Gasteiger partial charge in [0.05, 0.1) is 12.8 Å². The molecule has 1 saturated heterocycles.